The topological polar surface area (TPSA) is 60.0 Å². The lowest BCUT2D eigenvalue weighted by Gasteiger charge is -2.33. The van der Waals surface area contributed by atoms with Crippen molar-refractivity contribution in [2.45, 2.75) is 38.8 Å². The summed E-state index contributed by atoms with van der Waals surface area (Å²) in [5.74, 6) is 1.82. The number of methoxy groups -OCH3 is 3. The minimum Gasteiger partial charge on any atom is -0.493 e. The van der Waals surface area contributed by atoms with Crippen LogP contribution in [0.2, 0.25) is 0 Å². The quantitative estimate of drug-likeness (QED) is 0.685. The van der Waals surface area contributed by atoms with Crippen molar-refractivity contribution in [1.29, 1.82) is 0 Å². The number of fused-ring (bicyclic) bond motifs is 1. The van der Waals surface area contributed by atoms with Gasteiger partial charge < -0.3 is 19.5 Å². The molecule has 0 aliphatic carbocycles. The molecule has 1 heterocycles. The third-order valence-electron chi connectivity index (χ3n) is 5.74. The molecular weight excluding hydrogens is 380 g/mol. The van der Waals surface area contributed by atoms with Gasteiger partial charge in [-0.3, -0.25) is 9.69 Å². The van der Waals surface area contributed by atoms with Crippen LogP contribution in [0.5, 0.6) is 17.2 Å². The van der Waals surface area contributed by atoms with Crippen molar-refractivity contribution in [3.8, 4) is 17.2 Å². The fraction of sp³-hybridized carbons (Fsp3) is 0.458. The number of ether oxygens (including phenoxy) is 3. The van der Waals surface area contributed by atoms with Crippen molar-refractivity contribution in [3.63, 3.8) is 0 Å². The average molecular weight is 413 g/mol. The molecule has 0 radical (unpaired) electrons. The molecule has 1 N–H and O–H groups in total. The van der Waals surface area contributed by atoms with E-state index in [4.69, 9.17) is 14.2 Å². The second kappa shape index (κ2) is 10.3. The fourth-order valence-electron chi connectivity index (χ4n) is 3.91. The molecule has 3 rings (SSSR count). The molecule has 0 spiro atoms. The van der Waals surface area contributed by atoms with Crippen LogP contribution in [-0.4, -0.2) is 51.3 Å². The summed E-state index contributed by atoms with van der Waals surface area (Å²) in [6, 6.07) is 12.7. The predicted molar refractivity (Wildman–Crippen MR) is 117 cm³/mol. The number of amides is 1. The molecule has 1 atom stereocenters. The van der Waals surface area contributed by atoms with E-state index in [2.05, 4.69) is 41.4 Å². The molecule has 1 amide bonds. The molecule has 1 unspecified atom stereocenters. The highest BCUT2D eigenvalue weighted by molar-refractivity contribution is 5.76. The van der Waals surface area contributed by atoms with E-state index in [1.165, 1.54) is 11.1 Å². The first kappa shape index (κ1) is 22.0. The van der Waals surface area contributed by atoms with Gasteiger partial charge in [0.15, 0.2) is 11.5 Å². The number of nitrogens with zero attached hydrogens (tertiary/aromatic N) is 1. The van der Waals surface area contributed by atoms with Crippen LogP contribution in [0.1, 0.15) is 30.0 Å². The number of hydrogen-bond donors (Lipinski definition) is 1. The van der Waals surface area contributed by atoms with Crippen LogP contribution in [0.25, 0.3) is 0 Å². The van der Waals surface area contributed by atoms with E-state index < -0.39 is 0 Å². The molecule has 0 bridgehead atoms. The van der Waals surface area contributed by atoms with Crippen molar-refractivity contribution < 1.29 is 19.0 Å². The fourth-order valence-corrected chi connectivity index (χ4v) is 3.91. The molecule has 2 aromatic carbocycles. The van der Waals surface area contributed by atoms with Gasteiger partial charge in [0.25, 0.3) is 0 Å². The minimum atomic E-state index is 0.0491. The summed E-state index contributed by atoms with van der Waals surface area (Å²) in [5, 5.41) is 3.09. The van der Waals surface area contributed by atoms with Crippen LogP contribution in [0.15, 0.2) is 36.4 Å². The maximum absolute atomic E-state index is 12.4. The molecule has 1 aliphatic rings. The molecule has 0 saturated carbocycles. The lowest BCUT2D eigenvalue weighted by molar-refractivity contribution is -0.121. The zero-order valence-electron chi connectivity index (χ0n) is 18.4. The standard InChI is InChI=1S/C24H32N2O4/c1-17(26-12-11-19-7-5-6-8-20(19)16-26)15-25-23(27)10-9-18-13-21(28-2)24(30-4)22(14-18)29-3/h5-8,13-14,17H,9-12,15-16H2,1-4H3,(H,25,27). The molecule has 30 heavy (non-hydrogen) atoms. The molecule has 1 aliphatic heterocycles. The van der Waals surface area contributed by atoms with Gasteiger partial charge in [0, 0.05) is 32.1 Å². The average Bonchev–Trinajstić information content (AvgIpc) is 2.79. The molecule has 6 nitrogen and oxygen atoms in total. The van der Waals surface area contributed by atoms with Crippen LogP contribution in [0.4, 0.5) is 0 Å². The number of nitrogens with one attached hydrogen (secondary N) is 1. The Balaban J connectivity index is 1.49. The first-order valence-electron chi connectivity index (χ1n) is 10.4. The minimum absolute atomic E-state index is 0.0491. The van der Waals surface area contributed by atoms with Gasteiger partial charge in [-0.05, 0) is 48.6 Å². The Hall–Kier alpha value is -2.73. The van der Waals surface area contributed by atoms with Gasteiger partial charge >= 0.3 is 0 Å². The first-order valence-corrected chi connectivity index (χ1v) is 10.4. The summed E-state index contributed by atoms with van der Waals surface area (Å²) in [5.41, 5.74) is 3.81. The maximum atomic E-state index is 12.4. The Morgan fingerprint density at radius 2 is 1.73 bits per heavy atom. The highest BCUT2D eigenvalue weighted by Crippen LogP contribution is 2.38. The summed E-state index contributed by atoms with van der Waals surface area (Å²) in [6.45, 7) is 4.79. The van der Waals surface area contributed by atoms with Crippen LogP contribution in [0.3, 0.4) is 0 Å². The molecule has 0 saturated heterocycles. The molecular formula is C24H32N2O4. The van der Waals surface area contributed by atoms with Gasteiger partial charge in [0.05, 0.1) is 21.3 Å². The normalized spacial score (nSPS) is 14.5. The van der Waals surface area contributed by atoms with Crippen molar-refractivity contribution in [2.75, 3.05) is 34.4 Å². The Labute approximate surface area is 179 Å². The number of aryl methyl sites for hydroxylation is 1. The molecule has 0 aromatic heterocycles. The van der Waals surface area contributed by atoms with Crippen LogP contribution in [-0.2, 0) is 24.2 Å². The Bertz CT molecular complexity index is 843. The Morgan fingerprint density at radius 3 is 2.37 bits per heavy atom. The van der Waals surface area contributed by atoms with E-state index in [9.17, 15) is 4.79 Å². The van der Waals surface area contributed by atoms with E-state index >= 15 is 0 Å². The van der Waals surface area contributed by atoms with Crippen molar-refractivity contribution in [1.82, 2.24) is 10.2 Å². The monoisotopic (exact) mass is 412 g/mol. The third-order valence-corrected chi connectivity index (χ3v) is 5.74. The largest absolute Gasteiger partial charge is 0.493 e. The van der Waals surface area contributed by atoms with Crippen molar-refractivity contribution in [2.24, 2.45) is 0 Å². The van der Waals surface area contributed by atoms with Crippen molar-refractivity contribution >= 4 is 5.91 Å². The summed E-state index contributed by atoms with van der Waals surface area (Å²) in [7, 11) is 4.76. The van der Waals surface area contributed by atoms with Gasteiger partial charge in [-0.25, -0.2) is 0 Å². The van der Waals surface area contributed by atoms with E-state index in [1.54, 1.807) is 21.3 Å². The lowest BCUT2D eigenvalue weighted by Crippen LogP contribution is -2.44. The summed E-state index contributed by atoms with van der Waals surface area (Å²) in [6.07, 6.45) is 2.08. The molecule has 6 heteroatoms. The van der Waals surface area contributed by atoms with E-state index in [-0.39, 0.29) is 5.91 Å². The van der Waals surface area contributed by atoms with Gasteiger partial charge in [0.1, 0.15) is 0 Å². The number of rotatable bonds is 9. The lowest BCUT2D eigenvalue weighted by atomic mass is 9.99. The smallest absolute Gasteiger partial charge is 0.220 e. The molecule has 2 aromatic rings. The third kappa shape index (κ3) is 5.25. The van der Waals surface area contributed by atoms with Crippen LogP contribution in [0, 0.1) is 0 Å². The summed E-state index contributed by atoms with van der Waals surface area (Å²) in [4.78, 5) is 14.8. The SMILES string of the molecule is COc1cc(CCC(=O)NCC(C)N2CCc3ccccc3C2)cc(OC)c1OC. The van der Waals surface area contributed by atoms with Gasteiger partial charge in [-0.15, -0.1) is 0 Å². The first-order chi connectivity index (χ1) is 14.5. The van der Waals surface area contributed by atoms with Crippen LogP contribution < -0.4 is 19.5 Å². The predicted octanol–water partition coefficient (Wildman–Crippen LogP) is 3.21. The Kier molecular flexibility index (Phi) is 7.57. The molecule has 162 valence electrons. The number of carbonyl (C=O) groups is 1. The second-order valence-corrected chi connectivity index (χ2v) is 7.68. The highest BCUT2D eigenvalue weighted by Gasteiger charge is 2.21. The van der Waals surface area contributed by atoms with E-state index in [0.29, 0.717) is 42.7 Å². The van der Waals surface area contributed by atoms with E-state index in [1.807, 2.05) is 12.1 Å². The number of carbonyl (C=O) groups excluding carboxylic acids is 1. The summed E-state index contributed by atoms with van der Waals surface area (Å²) < 4.78 is 16.1. The second-order valence-electron chi connectivity index (χ2n) is 7.68. The van der Waals surface area contributed by atoms with Crippen LogP contribution >= 0.6 is 0 Å². The molecule has 0 fully saturated rings. The number of hydrogen-bond acceptors (Lipinski definition) is 5. The van der Waals surface area contributed by atoms with Gasteiger partial charge in [-0.1, -0.05) is 24.3 Å². The van der Waals surface area contributed by atoms with E-state index in [0.717, 1.165) is 25.1 Å². The highest BCUT2D eigenvalue weighted by atomic mass is 16.5. The van der Waals surface area contributed by atoms with Gasteiger partial charge in [0.2, 0.25) is 11.7 Å². The zero-order valence-corrected chi connectivity index (χ0v) is 18.4. The summed E-state index contributed by atoms with van der Waals surface area (Å²) >= 11 is 0. The van der Waals surface area contributed by atoms with Gasteiger partial charge in [-0.2, -0.15) is 0 Å². The Morgan fingerprint density at radius 1 is 1.07 bits per heavy atom. The maximum Gasteiger partial charge on any atom is 0.220 e. The number of benzene rings is 2. The van der Waals surface area contributed by atoms with Crippen molar-refractivity contribution in [3.05, 3.63) is 53.1 Å². The zero-order chi connectivity index (χ0) is 21.5.